The Kier molecular flexibility index (Phi) is 3.98. The third-order valence-electron chi connectivity index (χ3n) is 4.47. The fraction of sp³-hybridized carbons (Fsp3) is 0.0500. The molecule has 0 saturated heterocycles. The van der Waals surface area contributed by atoms with E-state index in [4.69, 9.17) is 0 Å². The van der Waals surface area contributed by atoms with Crippen LogP contribution in [-0.2, 0) is 6.54 Å². The van der Waals surface area contributed by atoms with Gasteiger partial charge in [0.25, 0.3) is 0 Å². The minimum absolute atomic E-state index is 0.583. The number of benzene rings is 2. The number of aromatic amines is 1. The summed E-state index contributed by atoms with van der Waals surface area (Å²) < 4.78 is 3.96. The van der Waals surface area contributed by atoms with E-state index in [0.717, 1.165) is 28.2 Å². The minimum atomic E-state index is 0.583. The van der Waals surface area contributed by atoms with Gasteiger partial charge in [-0.1, -0.05) is 30.3 Å². The van der Waals surface area contributed by atoms with Gasteiger partial charge in [-0.05, 0) is 35.0 Å². The molecule has 0 spiro atoms. The van der Waals surface area contributed by atoms with Crippen molar-refractivity contribution in [1.29, 1.82) is 0 Å². The van der Waals surface area contributed by atoms with Crippen molar-refractivity contribution < 1.29 is 0 Å². The topological polar surface area (TPSA) is 90.1 Å². The van der Waals surface area contributed by atoms with Crippen LogP contribution in [0, 0.1) is 0 Å². The maximum atomic E-state index is 4.57. The summed E-state index contributed by atoms with van der Waals surface area (Å²) in [5.41, 5.74) is 4.09. The van der Waals surface area contributed by atoms with Crippen molar-refractivity contribution in [3.05, 3.63) is 84.9 Å². The van der Waals surface area contributed by atoms with Crippen LogP contribution in [0.1, 0.15) is 5.56 Å². The first-order valence-corrected chi connectivity index (χ1v) is 8.81. The summed E-state index contributed by atoms with van der Waals surface area (Å²) in [5.74, 6) is 1.48. The maximum Gasteiger partial charge on any atom is 0.204 e. The van der Waals surface area contributed by atoms with Gasteiger partial charge < -0.3 is 4.57 Å². The quantitative estimate of drug-likeness (QED) is 0.515. The second kappa shape index (κ2) is 6.92. The van der Waals surface area contributed by atoms with E-state index in [0.29, 0.717) is 12.4 Å². The number of rotatable bonds is 5. The van der Waals surface area contributed by atoms with Gasteiger partial charge in [0.1, 0.15) is 5.82 Å². The first kappa shape index (κ1) is 16.1. The van der Waals surface area contributed by atoms with Crippen molar-refractivity contribution in [2.45, 2.75) is 6.54 Å². The third-order valence-corrected chi connectivity index (χ3v) is 4.47. The molecule has 0 saturated carbocycles. The van der Waals surface area contributed by atoms with Crippen LogP contribution in [0.15, 0.2) is 79.4 Å². The molecule has 5 rings (SSSR count). The molecule has 28 heavy (non-hydrogen) atoms. The molecule has 136 valence electrons. The lowest BCUT2D eigenvalue weighted by Crippen LogP contribution is -2.02. The predicted octanol–water partition coefficient (Wildman–Crippen LogP) is 2.96. The van der Waals surface area contributed by atoms with E-state index in [2.05, 4.69) is 59.5 Å². The highest BCUT2D eigenvalue weighted by molar-refractivity contribution is 5.60. The average molecular weight is 368 g/mol. The smallest absolute Gasteiger partial charge is 0.204 e. The largest absolute Gasteiger partial charge is 0.327 e. The van der Waals surface area contributed by atoms with E-state index < -0.39 is 0 Å². The van der Waals surface area contributed by atoms with E-state index in [9.17, 15) is 0 Å². The molecule has 8 heteroatoms. The number of H-pyrrole nitrogens is 1. The molecule has 0 atom stereocenters. The van der Waals surface area contributed by atoms with Gasteiger partial charge in [-0.15, -0.1) is 10.2 Å². The Balaban J connectivity index is 1.46. The number of imidazole rings is 1. The van der Waals surface area contributed by atoms with Crippen LogP contribution in [0.5, 0.6) is 0 Å². The Labute approximate surface area is 160 Å². The van der Waals surface area contributed by atoms with E-state index in [1.807, 2.05) is 53.6 Å². The highest BCUT2D eigenvalue weighted by Crippen LogP contribution is 2.22. The Bertz CT molecular complexity index is 1190. The highest BCUT2D eigenvalue weighted by atomic mass is 15.5. The predicted molar refractivity (Wildman–Crippen MR) is 104 cm³/mol. The Morgan fingerprint density at radius 2 is 1.82 bits per heavy atom. The number of nitrogens with zero attached hydrogens (tertiary/aromatic N) is 7. The number of tetrazole rings is 1. The summed E-state index contributed by atoms with van der Waals surface area (Å²) in [5, 5.41) is 18.5. The molecule has 8 nitrogen and oxygen atoms in total. The van der Waals surface area contributed by atoms with Crippen LogP contribution in [0.25, 0.3) is 28.5 Å². The molecule has 0 radical (unpaired) electrons. The van der Waals surface area contributed by atoms with Gasteiger partial charge >= 0.3 is 0 Å². The summed E-state index contributed by atoms with van der Waals surface area (Å²) in [6.45, 7) is 0.688. The third kappa shape index (κ3) is 3.07. The second-order valence-corrected chi connectivity index (χ2v) is 6.32. The zero-order chi connectivity index (χ0) is 18.8. The molecule has 1 N–H and O–H groups in total. The first-order chi connectivity index (χ1) is 13.9. The van der Waals surface area contributed by atoms with Gasteiger partial charge in [0.05, 0.1) is 5.69 Å². The van der Waals surface area contributed by atoms with Crippen molar-refractivity contribution in [2.75, 3.05) is 0 Å². The monoisotopic (exact) mass is 368 g/mol. The molecule has 0 fully saturated rings. The molecule has 3 aromatic heterocycles. The molecule has 0 amide bonds. The van der Waals surface area contributed by atoms with Gasteiger partial charge in [-0.3, -0.25) is 0 Å². The Hall–Kier alpha value is -4.07. The normalized spacial score (nSPS) is 11.0. The van der Waals surface area contributed by atoms with Crippen LogP contribution in [-0.4, -0.2) is 40.0 Å². The van der Waals surface area contributed by atoms with Crippen molar-refractivity contribution in [2.24, 2.45) is 0 Å². The molecular weight excluding hydrogens is 352 g/mol. The highest BCUT2D eigenvalue weighted by Gasteiger charge is 2.09. The number of aromatic nitrogens is 8. The fourth-order valence-electron chi connectivity index (χ4n) is 3.20. The molecule has 5 aromatic rings. The van der Waals surface area contributed by atoms with Crippen LogP contribution in [0.4, 0.5) is 0 Å². The Morgan fingerprint density at radius 1 is 0.893 bits per heavy atom. The molecule has 0 aliphatic carbocycles. The SMILES string of the molecule is c1cc(Cn2ccnc2-c2cccc(-n3cccn3)c2)cc(-c2nn[nH]n2)c1. The van der Waals surface area contributed by atoms with Crippen molar-refractivity contribution in [3.8, 4) is 28.5 Å². The van der Waals surface area contributed by atoms with Gasteiger partial charge in [0, 0.05) is 42.5 Å². The van der Waals surface area contributed by atoms with E-state index in [1.165, 1.54) is 0 Å². The molecule has 0 bridgehead atoms. The van der Waals surface area contributed by atoms with Gasteiger partial charge in [0.15, 0.2) is 0 Å². The minimum Gasteiger partial charge on any atom is -0.327 e. The average Bonchev–Trinajstić information content (AvgIpc) is 3.50. The van der Waals surface area contributed by atoms with Crippen molar-refractivity contribution in [1.82, 2.24) is 40.0 Å². The zero-order valence-corrected chi connectivity index (χ0v) is 14.8. The lowest BCUT2D eigenvalue weighted by Gasteiger charge is -2.10. The summed E-state index contributed by atoms with van der Waals surface area (Å²) >= 11 is 0. The second-order valence-electron chi connectivity index (χ2n) is 6.32. The summed E-state index contributed by atoms with van der Waals surface area (Å²) in [6.07, 6.45) is 7.50. The summed E-state index contributed by atoms with van der Waals surface area (Å²) in [4.78, 5) is 4.57. The van der Waals surface area contributed by atoms with E-state index >= 15 is 0 Å². The number of nitrogens with one attached hydrogen (secondary N) is 1. The first-order valence-electron chi connectivity index (χ1n) is 8.81. The summed E-state index contributed by atoms with van der Waals surface area (Å²) in [6, 6.07) is 18.2. The maximum absolute atomic E-state index is 4.57. The standard InChI is InChI=1S/C20H16N8/c1-4-15(12-16(5-1)19-23-25-26-24-19)14-27-11-9-21-20(27)17-6-2-7-18(13-17)28-10-3-8-22-28/h1-13H,14H2,(H,23,24,25,26). The molecule has 0 aliphatic heterocycles. The van der Waals surface area contributed by atoms with Crippen molar-refractivity contribution in [3.63, 3.8) is 0 Å². The summed E-state index contributed by atoms with van der Waals surface area (Å²) in [7, 11) is 0. The Morgan fingerprint density at radius 3 is 2.68 bits per heavy atom. The molecule has 0 unspecified atom stereocenters. The van der Waals surface area contributed by atoms with Gasteiger partial charge in [-0.25, -0.2) is 9.67 Å². The lowest BCUT2D eigenvalue weighted by molar-refractivity contribution is 0.806. The van der Waals surface area contributed by atoms with Crippen LogP contribution in [0.2, 0.25) is 0 Å². The number of hydrogen-bond acceptors (Lipinski definition) is 5. The van der Waals surface area contributed by atoms with E-state index in [1.54, 1.807) is 6.20 Å². The van der Waals surface area contributed by atoms with Crippen LogP contribution >= 0.6 is 0 Å². The zero-order valence-electron chi connectivity index (χ0n) is 14.8. The fourth-order valence-corrected chi connectivity index (χ4v) is 3.20. The van der Waals surface area contributed by atoms with Crippen LogP contribution in [0.3, 0.4) is 0 Å². The van der Waals surface area contributed by atoms with Gasteiger partial charge in [0.2, 0.25) is 5.82 Å². The van der Waals surface area contributed by atoms with Crippen LogP contribution < -0.4 is 0 Å². The van der Waals surface area contributed by atoms with Crippen molar-refractivity contribution >= 4 is 0 Å². The lowest BCUT2D eigenvalue weighted by atomic mass is 10.1. The number of hydrogen-bond donors (Lipinski definition) is 1. The van der Waals surface area contributed by atoms with Gasteiger partial charge in [-0.2, -0.15) is 10.3 Å². The van der Waals surface area contributed by atoms with E-state index in [-0.39, 0.29) is 0 Å². The molecule has 2 aromatic carbocycles. The molecule has 0 aliphatic rings. The molecule has 3 heterocycles. The molecular formula is C20H16N8.